The van der Waals surface area contributed by atoms with E-state index in [1.807, 2.05) is 14.1 Å². The Morgan fingerprint density at radius 1 is 1.45 bits per heavy atom. The van der Waals surface area contributed by atoms with Crippen LogP contribution in [-0.2, 0) is 14.6 Å². The van der Waals surface area contributed by atoms with Gasteiger partial charge in [-0.2, -0.15) is 0 Å². The van der Waals surface area contributed by atoms with Crippen LogP contribution in [0.5, 0.6) is 0 Å². The lowest BCUT2D eigenvalue weighted by Gasteiger charge is -2.45. The molecule has 1 saturated carbocycles. The molecule has 1 aliphatic rings. The van der Waals surface area contributed by atoms with Gasteiger partial charge in [-0.05, 0) is 39.3 Å². The summed E-state index contributed by atoms with van der Waals surface area (Å²) >= 11 is 0. The van der Waals surface area contributed by atoms with E-state index in [0.717, 1.165) is 25.5 Å². The first kappa shape index (κ1) is 19.4. The lowest BCUT2D eigenvalue weighted by molar-refractivity contribution is -0.123. The smallest absolute Gasteiger partial charge is 0.237 e. The van der Waals surface area contributed by atoms with Crippen LogP contribution in [0.1, 0.15) is 39.0 Å². The van der Waals surface area contributed by atoms with Crippen LogP contribution in [0.25, 0.3) is 0 Å². The molecule has 0 aromatic rings. The largest absolute Gasteiger partial charge is 0.353 e. The predicted molar refractivity (Wildman–Crippen MR) is 89.4 cm³/mol. The molecule has 3 atom stereocenters. The number of nitrogens with two attached hydrogens (primary N) is 1. The summed E-state index contributed by atoms with van der Waals surface area (Å²) in [5.41, 5.74) is 5.77. The fourth-order valence-electron chi connectivity index (χ4n) is 3.21. The van der Waals surface area contributed by atoms with Crippen molar-refractivity contribution >= 4 is 15.7 Å². The van der Waals surface area contributed by atoms with Crippen molar-refractivity contribution in [3.63, 3.8) is 0 Å². The highest BCUT2D eigenvalue weighted by atomic mass is 32.2. The zero-order valence-electron chi connectivity index (χ0n) is 14.3. The number of rotatable bonds is 7. The summed E-state index contributed by atoms with van der Waals surface area (Å²) in [5.74, 6) is 0.326. The zero-order valence-corrected chi connectivity index (χ0v) is 15.1. The highest BCUT2D eigenvalue weighted by molar-refractivity contribution is 7.90. The summed E-state index contributed by atoms with van der Waals surface area (Å²) in [6.45, 7) is 2.81. The summed E-state index contributed by atoms with van der Waals surface area (Å²) in [6.07, 6.45) is 5.83. The van der Waals surface area contributed by atoms with E-state index in [2.05, 4.69) is 17.1 Å². The van der Waals surface area contributed by atoms with E-state index in [1.165, 1.54) is 6.42 Å². The van der Waals surface area contributed by atoms with E-state index in [9.17, 15) is 13.2 Å². The van der Waals surface area contributed by atoms with E-state index < -0.39 is 15.9 Å². The third-order valence-corrected chi connectivity index (χ3v) is 5.72. The number of hydrogen-bond acceptors (Lipinski definition) is 5. The number of sulfone groups is 1. The normalized spacial score (nSPS) is 27.6. The molecular weight excluding hydrogens is 302 g/mol. The second-order valence-electron chi connectivity index (χ2n) is 7.06. The lowest BCUT2D eigenvalue weighted by Crippen LogP contribution is -2.56. The standard InChI is InChI=1S/C15H31N3O3S/c1-12-6-5-8-15(10-12,18(2)3)11-17-14(19)13(16)7-9-22(4,20)21/h12-13H,5-11,16H2,1-4H3,(H,17,19). The van der Waals surface area contributed by atoms with Crippen molar-refractivity contribution in [1.29, 1.82) is 0 Å². The number of hydrogen-bond donors (Lipinski definition) is 2. The van der Waals surface area contributed by atoms with Gasteiger partial charge in [-0.3, -0.25) is 4.79 Å². The number of likely N-dealkylation sites (N-methyl/N-ethyl adjacent to an activating group) is 1. The highest BCUT2D eigenvalue weighted by Gasteiger charge is 2.37. The number of amides is 1. The first-order valence-corrected chi connectivity index (χ1v) is 10.0. The maximum Gasteiger partial charge on any atom is 0.237 e. The molecule has 6 nitrogen and oxygen atoms in total. The van der Waals surface area contributed by atoms with Gasteiger partial charge in [0.1, 0.15) is 9.84 Å². The van der Waals surface area contributed by atoms with E-state index in [-0.39, 0.29) is 23.6 Å². The Morgan fingerprint density at radius 2 is 2.09 bits per heavy atom. The van der Waals surface area contributed by atoms with Gasteiger partial charge in [0.05, 0.1) is 11.8 Å². The van der Waals surface area contributed by atoms with E-state index in [1.54, 1.807) is 0 Å². The fraction of sp³-hybridized carbons (Fsp3) is 0.933. The molecule has 22 heavy (non-hydrogen) atoms. The Morgan fingerprint density at radius 3 is 2.59 bits per heavy atom. The predicted octanol–water partition coefficient (Wildman–Crippen LogP) is 0.375. The Kier molecular flexibility index (Phi) is 6.83. The third kappa shape index (κ3) is 5.85. The minimum absolute atomic E-state index is 0.0239. The summed E-state index contributed by atoms with van der Waals surface area (Å²) < 4.78 is 22.3. The van der Waals surface area contributed by atoms with Gasteiger partial charge in [-0.1, -0.05) is 19.8 Å². The van der Waals surface area contributed by atoms with Gasteiger partial charge < -0.3 is 16.0 Å². The summed E-state index contributed by atoms with van der Waals surface area (Å²) in [6, 6.07) is -0.769. The quantitative estimate of drug-likeness (QED) is 0.702. The molecule has 0 bridgehead atoms. The molecule has 0 radical (unpaired) electrons. The van der Waals surface area contributed by atoms with Crippen molar-refractivity contribution in [1.82, 2.24) is 10.2 Å². The van der Waals surface area contributed by atoms with Crippen molar-refractivity contribution in [3.05, 3.63) is 0 Å². The summed E-state index contributed by atoms with van der Waals surface area (Å²) in [5, 5.41) is 2.93. The monoisotopic (exact) mass is 333 g/mol. The van der Waals surface area contributed by atoms with Crippen molar-refractivity contribution in [2.24, 2.45) is 11.7 Å². The summed E-state index contributed by atoms with van der Waals surface area (Å²) in [4.78, 5) is 14.3. The van der Waals surface area contributed by atoms with Crippen LogP contribution in [-0.4, -0.2) is 63.5 Å². The third-order valence-electron chi connectivity index (χ3n) is 4.74. The fourth-order valence-corrected chi connectivity index (χ4v) is 3.89. The number of carbonyl (C=O) groups is 1. The molecule has 0 aliphatic heterocycles. The molecule has 130 valence electrons. The van der Waals surface area contributed by atoms with Crippen LogP contribution >= 0.6 is 0 Å². The van der Waals surface area contributed by atoms with Crippen LogP contribution in [0.3, 0.4) is 0 Å². The van der Waals surface area contributed by atoms with Crippen LogP contribution < -0.4 is 11.1 Å². The van der Waals surface area contributed by atoms with Gasteiger partial charge in [0.2, 0.25) is 5.91 Å². The molecule has 1 aliphatic carbocycles. The molecule has 0 saturated heterocycles. The molecule has 1 fully saturated rings. The van der Waals surface area contributed by atoms with Gasteiger partial charge in [0, 0.05) is 18.3 Å². The Labute approximate surface area is 134 Å². The maximum absolute atomic E-state index is 12.1. The van der Waals surface area contributed by atoms with Crippen LogP contribution in [0.4, 0.5) is 0 Å². The Balaban J connectivity index is 2.56. The molecule has 1 rings (SSSR count). The minimum Gasteiger partial charge on any atom is -0.353 e. The van der Waals surface area contributed by atoms with Gasteiger partial charge in [0.15, 0.2) is 0 Å². The van der Waals surface area contributed by atoms with Crippen LogP contribution in [0.2, 0.25) is 0 Å². The van der Waals surface area contributed by atoms with Gasteiger partial charge in [-0.25, -0.2) is 8.42 Å². The van der Waals surface area contributed by atoms with Crippen molar-refractivity contribution in [3.8, 4) is 0 Å². The van der Waals surface area contributed by atoms with Gasteiger partial charge >= 0.3 is 0 Å². The van der Waals surface area contributed by atoms with E-state index >= 15 is 0 Å². The van der Waals surface area contributed by atoms with E-state index in [0.29, 0.717) is 12.5 Å². The molecule has 1 amide bonds. The van der Waals surface area contributed by atoms with E-state index in [4.69, 9.17) is 5.73 Å². The summed E-state index contributed by atoms with van der Waals surface area (Å²) in [7, 11) is 1.01. The molecule has 0 heterocycles. The van der Waals surface area contributed by atoms with Crippen molar-refractivity contribution < 1.29 is 13.2 Å². The molecule has 3 unspecified atom stereocenters. The van der Waals surface area contributed by atoms with Crippen molar-refractivity contribution in [2.75, 3.05) is 32.6 Å². The maximum atomic E-state index is 12.1. The molecular formula is C15H31N3O3S. The Bertz CT molecular complexity index is 478. The number of nitrogens with zero attached hydrogens (tertiary/aromatic N) is 1. The second-order valence-corrected chi connectivity index (χ2v) is 9.32. The van der Waals surface area contributed by atoms with Crippen LogP contribution in [0.15, 0.2) is 0 Å². The first-order valence-electron chi connectivity index (χ1n) is 7.94. The highest BCUT2D eigenvalue weighted by Crippen LogP contribution is 2.35. The first-order chi connectivity index (χ1) is 10.1. The average molecular weight is 333 g/mol. The lowest BCUT2D eigenvalue weighted by atomic mass is 9.75. The minimum atomic E-state index is -3.09. The molecule has 0 spiro atoms. The number of carbonyl (C=O) groups excluding carboxylic acids is 1. The topological polar surface area (TPSA) is 92.5 Å². The molecule has 0 aromatic heterocycles. The van der Waals surface area contributed by atoms with Gasteiger partial charge in [-0.15, -0.1) is 0 Å². The average Bonchev–Trinajstić information content (AvgIpc) is 2.41. The molecule has 7 heteroatoms. The van der Waals surface area contributed by atoms with Crippen molar-refractivity contribution in [2.45, 2.75) is 50.6 Å². The molecule has 0 aromatic carbocycles. The van der Waals surface area contributed by atoms with Gasteiger partial charge in [0.25, 0.3) is 0 Å². The molecule has 3 N–H and O–H groups in total. The SMILES string of the molecule is CC1CCCC(CNC(=O)C(N)CCS(C)(=O)=O)(N(C)C)C1. The zero-order chi connectivity index (χ0) is 17.0. The Hall–Kier alpha value is -0.660. The second kappa shape index (κ2) is 7.75. The van der Waals surface area contributed by atoms with Crippen LogP contribution in [0, 0.1) is 5.92 Å². The number of nitrogens with one attached hydrogen (secondary N) is 1.